The van der Waals surface area contributed by atoms with E-state index in [0.717, 1.165) is 31.7 Å². The van der Waals surface area contributed by atoms with Gasteiger partial charge in [0.1, 0.15) is 0 Å². The molecule has 0 spiro atoms. The molecule has 18 heavy (non-hydrogen) atoms. The number of piperidine rings is 1. The van der Waals surface area contributed by atoms with Gasteiger partial charge in [-0.25, -0.2) is 0 Å². The van der Waals surface area contributed by atoms with Crippen LogP contribution in [0, 0.1) is 5.92 Å². The van der Waals surface area contributed by atoms with E-state index in [-0.39, 0.29) is 24.4 Å². The molecule has 0 saturated carbocycles. The highest BCUT2D eigenvalue weighted by Gasteiger charge is 2.26. The molecule has 1 aliphatic heterocycles. The lowest BCUT2D eigenvalue weighted by atomic mass is 9.93. The van der Waals surface area contributed by atoms with Crippen LogP contribution in [0.2, 0.25) is 0 Å². The molecule has 0 bridgehead atoms. The summed E-state index contributed by atoms with van der Waals surface area (Å²) in [5, 5.41) is 0. The number of hydrogen-bond donors (Lipinski definition) is 1. The van der Waals surface area contributed by atoms with Crippen molar-refractivity contribution in [1.82, 2.24) is 4.90 Å². The van der Waals surface area contributed by atoms with Crippen LogP contribution in [0.15, 0.2) is 0 Å². The Kier molecular flexibility index (Phi) is 9.97. The van der Waals surface area contributed by atoms with Crippen molar-refractivity contribution in [3.8, 4) is 0 Å². The highest BCUT2D eigenvalue weighted by molar-refractivity contribution is 7.98. The molecule has 0 aromatic carbocycles. The Hall–Kier alpha value is 0.0700. The van der Waals surface area contributed by atoms with Crippen LogP contribution in [0.25, 0.3) is 0 Å². The quantitative estimate of drug-likeness (QED) is 0.819. The molecule has 0 aromatic heterocycles. The molecule has 1 amide bonds. The van der Waals surface area contributed by atoms with Crippen molar-refractivity contribution in [1.29, 1.82) is 0 Å². The van der Waals surface area contributed by atoms with E-state index in [1.807, 2.05) is 4.90 Å². The molecule has 0 radical (unpaired) electrons. The third-order valence-electron chi connectivity index (χ3n) is 3.48. The maximum Gasteiger partial charge on any atom is 0.239 e. The summed E-state index contributed by atoms with van der Waals surface area (Å²) in [4.78, 5) is 14.1. The van der Waals surface area contributed by atoms with E-state index in [4.69, 9.17) is 5.73 Å². The van der Waals surface area contributed by atoms with Gasteiger partial charge >= 0.3 is 0 Å². The summed E-state index contributed by atoms with van der Waals surface area (Å²) < 4.78 is 0. The molecule has 0 aliphatic carbocycles. The Labute approximate surface area is 122 Å². The largest absolute Gasteiger partial charge is 0.341 e. The summed E-state index contributed by atoms with van der Waals surface area (Å²) in [6, 6.07) is -0.289. The van der Waals surface area contributed by atoms with Crippen LogP contribution in [0.5, 0.6) is 0 Å². The number of halogens is 1. The smallest absolute Gasteiger partial charge is 0.239 e. The summed E-state index contributed by atoms with van der Waals surface area (Å²) >= 11 is 1.75. The highest BCUT2D eigenvalue weighted by Crippen LogP contribution is 2.21. The number of thioether (sulfide) groups is 1. The second-order valence-corrected chi connectivity index (χ2v) is 5.95. The number of hydrogen-bond acceptors (Lipinski definition) is 3. The maximum absolute atomic E-state index is 12.1. The standard InChI is InChI=1S/C13H26N2OS.ClH/c1-3-5-11-6-4-8-15(10-11)13(16)12(14)7-9-17-2;/h11-12H,3-10,14H2,1-2H3;1H/t11?,12-;/m0./s1. The average Bonchev–Trinajstić information content (AvgIpc) is 2.35. The lowest BCUT2D eigenvalue weighted by Crippen LogP contribution is -2.48. The number of nitrogens with two attached hydrogens (primary N) is 1. The summed E-state index contributed by atoms with van der Waals surface area (Å²) in [6.45, 7) is 4.05. The lowest BCUT2D eigenvalue weighted by Gasteiger charge is -2.34. The van der Waals surface area contributed by atoms with E-state index in [1.165, 1.54) is 19.3 Å². The first-order valence-electron chi connectivity index (χ1n) is 6.72. The number of amides is 1. The fourth-order valence-corrected chi connectivity index (χ4v) is 3.00. The van der Waals surface area contributed by atoms with Crippen LogP contribution in [0.1, 0.15) is 39.0 Å². The number of nitrogens with zero attached hydrogens (tertiary/aromatic N) is 1. The van der Waals surface area contributed by atoms with Crippen molar-refractivity contribution in [2.75, 3.05) is 25.1 Å². The molecular weight excluding hydrogens is 268 g/mol. The van der Waals surface area contributed by atoms with Gasteiger partial charge in [0.15, 0.2) is 0 Å². The van der Waals surface area contributed by atoms with Crippen LogP contribution < -0.4 is 5.73 Å². The molecule has 108 valence electrons. The minimum absolute atomic E-state index is 0. The second-order valence-electron chi connectivity index (χ2n) is 4.97. The topological polar surface area (TPSA) is 46.3 Å². The molecule has 1 heterocycles. The predicted molar refractivity (Wildman–Crippen MR) is 82.4 cm³/mol. The Bertz CT molecular complexity index is 239. The summed E-state index contributed by atoms with van der Waals surface area (Å²) in [5.41, 5.74) is 5.95. The van der Waals surface area contributed by atoms with Gasteiger partial charge in [-0.3, -0.25) is 4.79 Å². The van der Waals surface area contributed by atoms with E-state index in [1.54, 1.807) is 11.8 Å². The van der Waals surface area contributed by atoms with Crippen molar-refractivity contribution in [2.45, 2.75) is 45.1 Å². The normalized spacial score (nSPS) is 21.3. The van der Waals surface area contributed by atoms with Gasteiger partial charge in [0.2, 0.25) is 5.91 Å². The molecular formula is C13H27ClN2OS. The molecule has 2 atom stereocenters. The zero-order valence-electron chi connectivity index (χ0n) is 11.6. The van der Waals surface area contributed by atoms with E-state index < -0.39 is 0 Å². The second kappa shape index (κ2) is 9.93. The molecule has 5 heteroatoms. The molecule has 1 rings (SSSR count). The fraction of sp³-hybridized carbons (Fsp3) is 0.923. The van der Waals surface area contributed by atoms with E-state index >= 15 is 0 Å². The Balaban J connectivity index is 0.00000289. The lowest BCUT2D eigenvalue weighted by molar-refractivity contribution is -0.134. The van der Waals surface area contributed by atoms with Crippen molar-refractivity contribution in [3.05, 3.63) is 0 Å². The van der Waals surface area contributed by atoms with Crippen LogP contribution in [-0.2, 0) is 4.79 Å². The van der Waals surface area contributed by atoms with Gasteiger partial charge in [0, 0.05) is 13.1 Å². The zero-order valence-corrected chi connectivity index (χ0v) is 13.2. The van der Waals surface area contributed by atoms with Crippen LogP contribution in [0.3, 0.4) is 0 Å². The molecule has 0 aromatic rings. The number of rotatable bonds is 6. The van der Waals surface area contributed by atoms with E-state index in [2.05, 4.69) is 13.2 Å². The molecule has 1 aliphatic rings. The number of carbonyl (C=O) groups is 1. The predicted octanol–water partition coefficient (Wildman–Crippen LogP) is 2.53. The molecule has 1 unspecified atom stereocenters. The van der Waals surface area contributed by atoms with Gasteiger partial charge in [0.25, 0.3) is 0 Å². The fourth-order valence-electron chi connectivity index (χ4n) is 2.51. The van der Waals surface area contributed by atoms with E-state index in [0.29, 0.717) is 5.92 Å². The van der Waals surface area contributed by atoms with Gasteiger partial charge in [-0.2, -0.15) is 11.8 Å². The number of carbonyl (C=O) groups excluding carboxylic acids is 1. The van der Waals surface area contributed by atoms with Crippen molar-refractivity contribution in [2.24, 2.45) is 11.7 Å². The summed E-state index contributed by atoms with van der Waals surface area (Å²) in [5.74, 6) is 1.84. The van der Waals surface area contributed by atoms with Crippen LogP contribution >= 0.6 is 24.2 Å². The summed E-state index contributed by atoms with van der Waals surface area (Å²) in [7, 11) is 0. The molecule has 3 nitrogen and oxygen atoms in total. The Morgan fingerprint density at radius 1 is 1.56 bits per heavy atom. The minimum atomic E-state index is -0.289. The molecule has 1 fully saturated rings. The summed E-state index contributed by atoms with van der Waals surface area (Å²) in [6.07, 6.45) is 7.72. The Morgan fingerprint density at radius 2 is 2.28 bits per heavy atom. The highest BCUT2D eigenvalue weighted by atomic mass is 35.5. The van der Waals surface area contributed by atoms with Gasteiger partial charge in [-0.1, -0.05) is 13.3 Å². The zero-order chi connectivity index (χ0) is 12.7. The van der Waals surface area contributed by atoms with Gasteiger partial charge < -0.3 is 10.6 Å². The number of likely N-dealkylation sites (tertiary alicyclic amines) is 1. The van der Waals surface area contributed by atoms with Crippen LogP contribution in [0.4, 0.5) is 0 Å². The molecule has 1 saturated heterocycles. The van der Waals surface area contributed by atoms with Gasteiger partial charge in [0.05, 0.1) is 6.04 Å². The van der Waals surface area contributed by atoms with Gasteiger partial charge in [-0.05, 0) is 43.6 Å². The Morgan fingerprint density at radius 3 is 2.89 bits per heavy atom. The SMILES string of the molecule is CCCC1CCCN(C(=O)[C@@H](N)CCSC)C1.Cl. The van der Waals surface area contributed by atoms with Crippen molar-refractivity contribution >= 4 is 30.1 Å². The first-order valence-corrected chi connectivity index (χ1v) is 8.11. The third-order valence-corrected chi connectivity index (χ3v) is 4.12. The molecule has 2 N–H and O–H groups in total. The average molecular weight is 295 g/mol. The van der Waals surface area contributed by atoms with E-state index in [9.17, 15) is 4.79 Å². The van der Waals surface area contributed by atoms with Crippen LogP contribution in [-0.4, -0.2) is 41.9 Å². The maximum atomic E-state index is 12.1. The third kappa shape index (κ3) is 5.81. The van der Waals surface area contributed by atoms with Gasteiger partial charge in [-0.15, -0.1) is 12.4 Å². The van der Waals surface area contributed by atoms with Crippen molar-refractivity contribution in [3.63, 3.8) is 0 Å². The monoisotopic (exact) mass is 294 g/mol. The minimum Gasteiger partial charge on any atom is -0.341 e. The first kappa shape index (κ1) is 18.1. The first-order chi connectivity index (χ1) is 8.19. The van der Waals surface area contributed by atoms with Crippen molar-refractivity contribution < 1.29 is 4.79 Å².